The van der Waals surface area contributed by atoms with Crippen molar-refractivity contribution in [3.63, 3.8) is 0 Å². The minimum absolute atomic E-state index is 0.0157. The highest BCUT2D eigenvalue weighted by Gasteiger charge is 2.23. The molecule has 160 valence electrons. The second-order valence-corrected chi connectivity index (χ2v) is 8.13. The third-order valence-corrected chi connectivity index (χ3v) is 5.99. The Morgan fingerprint density at radius 1 is 1.19 bits per heavy atom. The van der Waals surface area contributed by atoms with Gasteiger partial charge in [0.2, 0.25) is 5.91 Å². The molecule has 0 saturated carbocycles. The normalized spacial score (nSPS) is 14.0. The highest BCUT2D eigenvalue weighted by molar-refractivity contribution is 7.99. The number of rotatable bonds is 6. The minimum Gasteiger partial charge on any atom is -0.353 e. The number of piperazine rings is 1. The van der Waals surface area contributed by atoms with E-state index in [0.29, 0.717) is 42.2 Å². The predicted molar refractivity (Wildman–Crippen MR) is 117 cm³/mol. The Kier molecular flexibility index (Phi) is 6.33. The smallest absolute Gasteiger partial charge is 0.287 e. The first-order valence-corrected chi connectivity index (χ1v) is 10.8. The Labute approximate surface area is 187 Å². The van der Waals surface area contributed by atoms with E-state index in [9.17, 15) is 14.9 Å². The fourth-order valence-corrected chi connectivity index (χ4v) is 4.22. The van der Waals surface area contributed by atoms with E-state index in [-0.39, 0.29) is 17.3 Å². The number of aromatic nitrogens is 4. The molecule has 1 fully saturated rings. The maximum Gasteiger partial charge on any atom is 0.287 e. The molecule has 31 heavy (non-hydrogen) atoms. The van der Waals surface area contributed by atoms with Gasteiger partial charge in [0.25, 0.3) is 5.69 Å². The lowest BCUT2D eigenvalue weighted by molar-refractivity contribution is -0.385. The fourth-order valence-electron chi connectivity index (χ4n) is 3.20. The van der Waals surface area contributed by atoms with E-state index in [1.54, 1.807) is 27.9 Å². The van der Waals surface area contributed by atoms with Crippen molar-refractivity contribution < 1.29 is 9.72 Å². The van der Waals surface area contributed by atoms with Crippen LogP contribution in [-0.2, 0) is 4.79 Å². The van der Waals surface area contributed by atoms with Crippen molar-refractivity contribution >= 4 is 40.8 Å². The van der Waals surface area contributed by atoms with Gasteiger partial charge in [0.1, 0.15) is 18.3 Å². The number of nitro groups is 1. The lowest BCUT2D eigenvalue weighted by atomic mass is 10.3. The summed E-state index contributed by atoms with van der Waals surface area (Å²) in [5.74, 6) is 0.929. The van der Waals surface area contributed by atoms with Crippen LogP contribution >= 0.6 is 23.4 Å². The molecule has 0 radical (unpaired) electrons. The molecule has 2 aromatic heterocycles. The topological polar surface area (TPSA) is 110 Å². The van der Waals surface area contributed by atoms with Gasteiger partial charge in [-0.2, -0.15) is 0 Å². The Morgan fingerprint density at radius 3 is 2.68 bits per heavy atom. The number of benzene rings is 1. The molecule has 1 amide bonds. The van der Waals surface area contributed by atoms with Crippen LogP contribution in [0.4, 0.5) is 11.5 Å². The number of thioether (sulfide) groups is 1. The summed E-state index contributed by atoms with van der Waals surface area (Å²) in [6.45, 7) is 2.33. The van der Waals surface area contributed by atoms with Gasteiger partial charge in [0.15, 0.2) is 5.16 Å². The van der Waals surface area contributed by atoms with E-state index in [1.807, 2.05) is 23.1 Å². The van der Waals surface area contributed by atoms with Crippen molar-refractivity contribution in [1.82, 2.24) is 24.6 Å². The van der Waals surface area contributed by atoms with Gasteiger partial charge >= 0.3 is 0 Å². The van der Waals surface area contributed by atoms with Gasteiger partial charge in [-0.1, -0.05) is 29.4 Å². The van der Waals surface area contributed by atoms with E-state index in [1.165, 1.54) is 24.0 Å². The van der Waals surface area contributed by atoms with Crippen LogP contribution in [0.15, 0.2) is 54.1 Å². The molecule has 1 aliphatic heterocycles. The molecule has 0 unspecified atom stereocenters. The van der Waals surface area contributed by atoms with Crippen LogP contribution in [-0.4, -0.2) is 67.4 Å². The number of carbonyl (C=O) groups excluding carboxylic acids is 1. The number of nitrogens with zero attached hydrogens (tertiary/aromatic N) is 7. The second kappa shape index (κ2) is 9.31. The van der Waals surface area contributed by atoms with Gasteiger partial charge in [0, 0.05) is 37.3 Å². The molecule has 1 saturated heterocycles. The average Bonchev–Trinajstić information content (AvgIpc) is 3.26. The molecule has 3 heterocycles. The van der Waals surface area contributed by atoms with E-state index < -0.39 is 4.92 Å². The van der Waals surface area contributed by atoms with Crippen LogP contribution in [0.1, 0.15) is 0 Å². The number of hydrogen-bond acceptors (Lipinski definition) is 8. The zero-order valence-corrected chi connectivity index (χ0v) is 17.9. The zero-order chi connectivity index (χ0) is 21.8. The molecule has 4 rings (SSSR count). The molecule has 10 nitrogen and oxygen atoms in total. The Morgan fingerprint density at radius 2 is 2.00 bits per heavy atom. The highest BCUT2D eigenvalue weighted by Crippen LogP contribution is 2.23. The summed E-state index contributed by atoms with van der Waals surface area (Å²) < 4.78 is 1.79. The maximum atomic E-state index is 12.7. The standard InChI is InChI=1S/C19H18ClN7O3S/c20-14-2-1-3-15(10-14)26-13-22-23-19(26)31-12-18(28)25-8-6-24(7-9-25)17-5-4-16(11-21-17)27(29)30/h1-5,10-11,13H,6-9,12H2. The van der Waals surface area contributed by atoms with Gasteiger partial charge in [-0.15, -0.1) is 10.2 Å². The first-order valence-electron chi connectivity index (χ1n) is 9.43. The van der Waals surface area contributed by atoms with Crippen LogP contribution in [0.25, 0.3) is 5.69 Å². The van der Waals surface area contributed by atoms with E-state index >= 15 is 0 Å². The van der Waals surface area contributed by atoms with Crippen LogP contribution in [0, 0.1) is 10.1 Å². The highest BCUT2D eigenvalue weighted by atomic mass is 35.5. The molecule has 0 spiro atoms. The van der Waals surface area contributed by atoms with E-state index in [0.717, 1.165) is 5.69 Å². The van der Waals surface area contributed by atoms with E-state index in [2.05, 4.69) is 15.2 Å². The Bertz CT molecular complexity index is 1080. The zero-order valence-electron chi connectivity index (χ0n) is 16.3. The summed E-state index contributed by atoms with van der Waals surface area (Å²) in [4.78, 5) is 30.9. The lowest BCUT2D eigenvalue weighted by Gasteiger charge is -2.35. The van der Waals surface area contributed by atoms with Gasteiger partial charge in [0.05, 0.1) is 16.4 Å². The molecule has 0 bridgehead atoms. The summed E-state index contributed by atoms with van der Waals surface area (Å²) in [6, 6.07) is 10.4. The van der Waals surface area contributed by atoms with Crippen molar-refractivity contribution in [2.45, 2.75) is 5.16 Å². The van der Waals surface area contributed by atoms with Gasteiger partial charge in [-0.3, -0.25) is 19.5 Å². The van der Waals surface area contributed by atoms with E-state index in [4.69, 9.17) is 11.6 Å². The molecule has 0 N–H and O–H groups in total. The Hall–Kier alpha value is -3.18. The van der Waals surface area contributed by atoms with Crippen molar-refractivity contribution in [2.75, 3.05) is 36.8 Å². The SMILES string of the molecule is O=C(CSc1nncn1-c1cccc(Cl)c1)N1CCN(c2ccc([N+](=O)[O-])cn2)CC1. The monoisotopic (exact) mass is 459 g/mol. The van der Waals surface area contributed by atoms with Crippen molar-refractivity contribution in [3.8, 4) is 5.69 Å². The number of halogens is 1. The van der Waals surface area contributed by atoms with Crippen molar-refractivity contribution in [3.05, 3.63) is 64.1 Å². The third kappa shape index (κ3) is 4.94. The van der Waals surface area contributed by atoms with Gasteiger partial charge in [-0.05, 0) is 24.3 Å². The quantitative estimate of drug-likeness (QED) is 0.314. The van der Waals surface area contributed by atoms with Crippen LogP contribution in [0.5, 0.6) is 0 Å². The van der Waals surface area contributed by atoms with Gasteiger partial charge < -0.3 is 9.80 Å². The summed E-state index contributed by atoms with van der Waals surface area (Å²) in [6.07, 6.45) is 2.84. The Balaban J connectivity index is 1.31. The predicted octanol–water partition coefficient (Wildman–Crippen LogP) is 2.66. The van der Waals surface area contributed by atoms with Gasteiger partial charge in [-0.25, -0.2) is 4.98 Å². The number of anilines is 1. The first-order chi connectivity index (χ1) is 15.0. The molecule has 0 atom stereocenters. The minimum atomic E-state index is -0.474. The molecule has 3 aromatic rings. The fraction of sp³-hybridized carbons (Fsp3) is 0.263. The van der Waals surface area contributed by atoms with Crippen molar-refractivity contribution in [1.29, 1.82) is 0 Å². The molecule has 0 aliphatic carbocycles. The lowest BCUT2D eigenvalue weighted by Crippen LogP contribution is -2.49. The third-order valence-electron chi connectivity index (χ3n) is 4.83. The summed E-state index contributed by atoms with van der Waals surface area (Å²) in [7, 11) is 0. The molecular formula is C19H18ClN7O3S. The second-order valence-electron chi connectivity index (χ2n) is 6.75. The summed E-state index contributed by atoms with van der Waals surface area (Å²) >= 11 is 7.38. The number of hydrogen-bond donors (Lipinski definition) is 0. The van der Waals surface area contributed by atoms with Crippen molar-refractivity contribution in [2.24, 2.45) is 0 Å². The largest absolute Gasteiger partial charge is 0.353 e. The van der Waals surface area contributed by atoms with Crippen LogP contribution in [0.2, 0.25) is 5.02 Å². The number of pyridine rings is 1. The summed E-state index contributed by atoms with van der Waals surface area (Å²) in [5.41, 5.74) is 0.789. The molecule has 12 heteroatoms. The summed E-state index contributed by atoms with van der Waals surface area (Å²) in [5, 5.41) is 20.0. The number of amides is 1. The maximum absolute atomic E-state index is 12.7. The first kappa shape index (κ1) is 21.1. The number of carbonyl (C=O) groups is 1. The van der Waals surface area contributed by atoms with Crippen LogP contribution in [0.3, 0.4) is 0 Å². The molecule has 1 aromatic carbocycles. The van der Waals surface area contributed by atoms with Crippen LogP contribution < -0.4 is 4.90 Å². The average molecular weight is 460 g/mol. The molecule has 1 aliphatic rings. The molecular weight excluding hydrogens is 442 g/mol.